The fourth-order valence-electron chi connectivity index (χ4n) is 1.39. The predicted octanol–water partition coefficient (Wildman–Crippen LogP) is 1.81. The highest BCUT2D eigenvalue weighted by molar-refractivity contribution is 5.98. The summed E-state index contributed by atoms with van der Waals surface area (Å²) in [5.41, 5.74) is 1.85. The molecule has 0 saturated carbocycles. The van der Waals surface area contributed by atoms with Crippen molar-refractivity contribution in [1.82, 2.24) is 0 Å². The van der Waals surface area contributed by atoms with Gasteiger partial charge in [0.1, 0.15) is 0 Å². The summed E-state index contributed by atoms with van der Waals surface area (Å²) in [7, 11) is 0. The summed E-state index contributed by atoms with van der Waals surface area (Å²) in [5.74, 6) is -1.06. The Morgan fingerprint density at radius 1 is 1.38 bits per heavy atom. The molecule has 3 heteroatoms. The zero-order valence-electron chi connectivity index (χ0n) is 7.50. The summed E-state index contributed by atoms with van der Waals surface area (Å²) in [6.45, 7) is 3.51. The quantitative estimate of drug-likeness (QED) is 0.702. The van der Waals surface area contributed by atoms with Gasteiger partial charge in [0.2, 0.25) is 0 Å². The Morgan fingerprint density at radius 3 is 2.46 bits per heavy atom. The van der Waals surface area contributed by atoms with Crippen molar-refractivity contribution in [3.8, 4) is 0 Å². The van der Waals surface area contributed by atoms with Gasteiger partial charge in [0, 0.05) is 5.56 Å². The SMILES string of the molecule is Cc1cc(C)c(C(=O)O)c(C=O)c1. The third-order valence-corrected chi connectivity index (χ3v) is 1.85. The molecule has 13 heavy (non-hydrogen) atoms. The van der Waals surface area contributed by atoms with Crippen molar-refractivity contribution >= 4 is 12.3 Å². The molecule has 0 aliphatic heterocycles. The highest BCUT2D eigenvalue weighted by Gasteiger charge is 2.12. The van der Waals surface area contributed by atoms with Crippen LogP contribution in [0.2, 0.25) is 0 Å². The number of carbonyl (C=O) groups excluding carboxylic acids is 1. The Hall–Kier alpha value is -1.64. The van der Waals surface area contributed by atoms with E-state index in [-0.39, 0.29) is 11.1 Å². The van der Waals surface area contributed by atoms with E-state index in [2.05, 4.69) is 0 Å². The van der Waals surface area contributed by atoms with Gasteiger partial charge in [-0.1, -0.05) is 11.6 Å². The van der Waals surface area contributed by atoms with Crippen molar-refractivity contribution in [2.24, 2.45) is 0 Å². The number of aldehydes is 1. The Morgan fingerprint density at radius 2 is 2.00 bits per heavy atom. The molecule has 1 rings (SSSR count). The van der Waals surface area contributed by atoms with E-state index in [1.165, 1.54) is 0 Å². The highest BCUT2D eigenvalue weighted by Crippen LogP contribution is 2.15. The van der Waals surface area contributed by atoms with Gasteiger partial charge in [-0.15, -0.1) is 0 Å². The highest BCUT2D eigenvalue weighted by atomic mass is 16.4. The fourth-order valence-corrected chi connectivity index (χ4v) is 1.39. The standard InChI is InChI=1S/C10H10O3/c1-6-3-7(2)9(10(12)13)8(4-6)5-11/h3-5H,1-2H3,(H,12,13). The van der Waals surface area contributed by atoms with E-state index in [0.717, 1.165) is 5.56 Å². The molecule has 68 valence electrons. The van der Waals surface area contributed by atoms with Crippen molar-refractivity contribution in [3.05, 3.63) is 34.4 Å². The molecule has 0 amide bonds. The second kappa shape index (κ2) is 3.39. The van der Waals surface area contributed by atoms with E-state index >= 15 is 0 Å². The minimum atomic E-state index is -1.06. The number of rotatable bonds is 2. The molecular weight excluding hydrogens is 168 g/mol. The van der Waals surface area contributed by atoms with Gasteiger partial charge in [-0.25, -0.2) is 4.79 Å². The topological polar surface area (TPSA) is 54.4 Å². The Kier molecular flexibility index (Phi) is 2.46. The molecular formula is C10H10O3. The average molecular weight is 178 g/mol. The van der Waals surface area contributed by atoms with E-state index in [9.17, 15) is 9.59 Å². The van der Waals surface area contributed by atoms with Gasteiger partial charge in [-0.3, -0.25) is 4.79 Å². The Balaban J connectivity index is 3.47. The first-order valence-electron chi connectivity index (χ1n) is 3.86. The van der Waals surface area contributed by atoms with Crippen LogP contribution in [0.5, 0.6) is 0 Å². The first-order chi connectivity index (χ1) is 6.06. The van der Waals surface area contributed by atoms with Crippen LogP contribution < -0.4 is 0 Å². The predicted molar refractivity (Wildman–Crippen MR) is 48.3 cm³/mol. The lowest BCUT2D eigenvalue weighted by atomic mass is 10.00. The molecule has 0 aliphatic carbocycles. The smallest absolute Gasteiger partial charge is 0.336 e. The molecule has 0 fully saturated rings. The van der Waals surface area contributed by atoms with Crippen molar-refractivity contribution < 1.29 is 14.7 Å². The van der Waals surface area contributed by atoms with Gasteiger partial charge in [-0.05, 0) is 25.5 Å². The molecule has 0 radical (unpaired) electrons. The van der Waals surface area contributed by atoms with Crippen LogP contribution >= 0.6 is 0 Å². The van der Waals surface area contributed by atoms with E-state index in [1.54, 1.807) is 19.1 Å². The van der Waals surface area contributed by atoms with E-state index < -0.39 is 5.97 Å². The largest absolute Gasteiger partial charge is 0.478 e. The molecule has 0 atom stereocenters. The van der Waals surface area contributed by atoms with Crippen LogP contribution in [0.15, 0.2) is 12.1 Å². The summed E-state index contributed by atoms with van der Waals surface area (Å²) in [6, 6.07) is 3.32. The molecule has 0 aliphatic rings. The summed E-state index contributed by atoms with van der Waals surface area (Å²) in [6.07, 6.45) is 0.573. The fraction of sp³-hybridized carbons (Fsp3) is 0.200. The number of carboxylic acid groups (broad SMARTS) is 1. The molecule has 1 aromatic rings. The molecule has 0 bridgehead atoms. The summed E-state index contributed by atoms with van der Waals surface area (Å²) >= 11 is 0. The van der Waals surface area contributed by atoms with Crippen molar-refractivity contribution in [3.63, 3.8) is 0 Å². The number of aromatic carboxylic acids is 1. The maximum atomic E-state index is 10.8. The molecule has 0 saturated heterocycles. The number of benzene rings is 1. The number of carbonyl (C=O) groups is 2. The monoisotopic (exact) mass is 178 g/mol. The van der Waals surface area contributed by atoms with Crippen molar-refractivity contribution in [1.29, 1.82) is 0 Å². The summed E-state index contributed by atoms with van der Waals surface area (Å²) in [4.78, 5) is 21.3. The van der Waals surface area contributed by atoms with Crippen LogP contribution in [0.25, 0.3) is 0 Å². The van der Waals surface area contributed by atoms with Crippen LogP contribution in [-0.2, 0) is 0 Å². The number of hydrogen-bond donors (Lipinski definition) is 1. The Labute approximate surface area is 76.0 Å². The van der Waals surface area contributed by atoms with Gasteiger partial charge >= 0.3 is 5.97 Å². The van der Waals surface area contributed by atoms with Gasteiger partial charge in [0.25, 0.3) is 0 Å². The lowest BCUT2D eigenvalue weighted by molar-refractivity contribution is 0.0693. The molecule has 0 aromatic heterocycles. The van der Waals surface area contributed by atoms with Crippen LogP contribution in [0, 0.1) is 13.8 Å². The zero-order valence-corrected chi connectivity index (χ0v) is 7.50. The molecule has 1 aromatic carbocycles. The van der Waals surface area contributed by atoms with E-state index in [0.29, 0.717) is 11.8 Å². The van der Waals surface area contributed by atoms with Gasteiger partial charge in [0.15, 0.2) is 6.29 Å². The minimum absolute atomic E-state index is 0.0978. The molecule has 1 N–H and O–H groups in total. The van der Waals surface area contributed by atoms with E-state index in [4.69, 9.17) is 5.11 Å². The number of hydrogen-bond acceptors (Lipinski definition) is 2. The normalized spacial score (nSPS) is 9.69. The lowest BCUT2D eigenvalue weighted by Crippen LogP contribution is -2.05. The number of aryl methyl sites for hydroxylation is 2. The average Bonchev–Trinajstić information content (AvgIpc) is 2.01. The van der Waals surface area contributed by atoms with Gasteiger partial charge in [-0.2, -0.15) is 0 Å². The van der Waals surface area contributed by atoms with Crippen molar-refractivity contribution in [2.75, 3.05) is 0 Å². The van der Waals surface area contributed by atoms with Crippen LogP contribution in [0.4, 0.5) is 0 Å². The summed E-state index contributed by atoms with van der Waals surface area (Å²) in [5, 5.41) is 8.81. The second-order valence-electron chi connectivity index (χ2n) is 2.97. The molecule has 0 spiro atoms. The maximum absolute atomic E-state index is 10.8. The molecule has 0 unspecified atom stereocenters. The van der Waals surface area contributed by atoms with Crippen LogP contribution in [0.1, 0.15) is 31.8 Å². The van der Waals surface area contributed by atoms with Crippen LogP contribution in [-0.4, -0.2) is 17.4 Å². The second-order valence-corrected chi connectivity index (χ2v) is 2.97. The summed E-state index contributed by atoms with van der Waals surface area (Å²) < 4.78 is 0. The third kappa shape index (κ3) is 1.75. The maximum Gasteiger partial charge on any atom is 0.336 e. The lowest BCUT2D eigenvalue weighted by Gasteiger charge is -2.04. The van der Waals surface area contributed by atoms with Gasteiger partial charge < -0.3 is 5.11 Å². The minimum Gasteiger partial charge on any atom is -0.478 e. The zero-order chi connectivity index (χ0) is 10.0. The Bertz CT molecular complexity index is 367. The first kappa shape index (κ1) is 9.45. The number of carboxylic acids is 1. The molecule has 0 heterocycles. The van der Waals surface area contributed by atoms with Crippen molar-refractivity contribution in [2.45, 2.75) is 13.8 Å². The van der Waals surface area contributed by atoms with Crippen LogP contribution in [0.3, 0.4) is 0 Å². The molecule has 3 nitrogen and oxygen atoms in total. The first-order valence-corrected chi connectivity index (χ1v) is 3.86. The third-order valence-electron chi connectivity index (χ3n) is 1.85. The van der Waals surface area contributed by atoms with E-state index in [1.807, 2.05) is 6.92 Å². The van der Waals surface area contributed by atoms with Gasteiger partial charge in [0.05, 0.1) is 5.56 Å².